The third-order valence-corrected chi connectivity index (χ3v) is 3.56. The summed E-state index contributed by atoms with van der Waals surface area (Å²) in [6.07, 6.45) is 4.97. The number of nitrogens with two attached hydrogens (primary N) is 2. The fourth-order valence-electron chi connectivity index (χ4n) is 2.08. The van der Waals surface area contributed by atoms with Crippen LogP contribution in [0, 0.1) is 0 Å². The first-order chi connectivity index (χ1) is 13.5. The molecular weight excluding hydrogens is 364 g/mol. The molecule has 0 fully saturated rings. The van der Waals surface area contributed by atoms with E-state index >= 15 is 0 Å². The van der Waals surface area contributed by atoms with Crippen molar-refractivity contribution in [2.75, 3.05) is 37.9 Å². The van der Waals surface area contributed by atoms with E-state index in [9.17, 15) is 9.59 Å². The highest BCUT2D eigenvalue weighted by molar-refractivity contribution is 5.81. The third-order valence-electron chi connectivity index (χ3n) is 3.56. The quantitative estimate of drug-likeness (QED) is 0.214. The van der Waals surface area contributed by atoms with Crippen molar-refractivity contribution in [1.82, 2.24) is 0 Å². The number of hydrogen-bond donors (Lipinski definition) is 2. The minimum atomic E-state index is -0.439. The minimum Gasteiger partial charge on any atom is -0.491 e. The number of unbranched alkanes of at least 4 members (excludes halogenated alkanes) is 2. The van der Waals surface area contributed by atoms with E-state index in [2.05, 4.69) is 13.2 Å². The van der Waals surface area contributed by atoms with Gasteiger partial charge in [-0.25, -0.2) is 9.59 Å². The lowest BCUT2D eigenvalue weighted by Gasteiger charge is -2.14. The average Bonchev–Trinajstić information content (AvgIpc) is 2.69. The molecule has 0 aliphatic rings. The maximum absolute atomic E-state index is 10.9. The topological polar surface area (TPSA) is 123 Å². The maximum atomic E-state index is 10.9. The van der Waals surface area contributed by atoms with Gasteiger partial charge in [0.05, 0.1) is 37.8 Å². The van der Waals surface area contributed by atoms with Crippen LogP contribution in [0.4, 0.5) is 11.4 Å². The van der Waals surface area contributed by atoms with Crippen LogP contribution in [0.2, 0.25) is 0 Å². The Morgan fingerprint density at radius 3 is 1.46 bits per heavy atom. The van der Waals surface area contributed by atoms with E-state index in [4.69, 9.17) is 30.4 Å². The summed E-state index contributed by atoms with van der Waals surface area (Å²) in [5, 5.41) is 0. The second-order valence-electron chi connectivity index (χ2n) is 5.78. The first kappa shape index (κ1) is 22.9. The Kier molecular flexibility index (Phi) is 10.7. The van der Waals surface area contributed by atoms with E-state index in [1.54, 1.807) is 12.1 Å². The summed E-state index contributed by atoms with van der Waals surface area (Å²) in [5.74, 6) is 0.0751. The van der Waals surface area contributed by atoms with Crippen LogP contribution < -0.4 is 20.9 Å². The lowest BCUT2D eigenvalue weighted by atomic mass is 10.2. The van der Waals surface area contributed by atoms with E-state index < -0.39 is 11.9 Å². The van der Waals surface area contributed by atoms with Gasteiger partial charge in [-0.3, -0.25) is 0 Å². The Morgan fingerprint density at radius 1 is 0.750 bits per heavy atom. The Hall–Kier alpha value is -3.16. The van der Waals surface area contributed by atoms with Crippen molar-refractivity contribution in [1.29, 1.82) is 0 Å². The molecule has 8 heteroatoms. The van der Waals surface area contributed by atoms with Crippen molar-refractivity contribution >= 4 is 23.3 Å². The number of anilines is 2. The predicted octanol–water partition coefficient (Wildman–Crippen LogP) is 2.63. The number of rotatable bonds is 14. The second-order valence-corrected chi connectivity index (χ2v) is 5.78. The van der Waals surface area contributed by atoms with Crippen LogP contribution in [0.3, 0.4) is 0 Å². The van der Waals surface area contributed by atoms with Gasteiger partial charge in [-0.1, -0.05) is 13.2 Å². The Bertz CT molecular complexity index is 617. The van der Waals surface area contributed by atoms with Gasteiger partial charge in [0.2, 0.25) is 0 Å². The second kappa shape index (κ2) is 13.1. The molecule has 0 spiro atoms. The van der Waals surface area contributed by atoms with E-state index in [1.165, 1.54) is 0 Å². The molecular formula is C20H28N2O6. The molecule has 0 saturated heterocycles. The minimum absolute atomic E-state index is 0.311. The molecule has 0 bridgehead atoms. The largest absolute Gasteiger partial charge is 0.491 e. The summed E-state index contributed by atoms with van der Waals surface area (Å²) >= 11 is 0. The summed E-state index contributed by atoms with van der Waals surface area (Å²) in [5.41, 5.74) is 12.8. The first-order valence-corrected chi connectivity index (χ1v) is 9.01. The van der Waals surface area contributed by atoms with Gasteiger partial charge in [-0.2, -0.15) is 0 Å². The van der Waals surface area contributed by atoms with E-state index in [0.717, 1.165) is 12.2 Å². The molecule has 1 aromatic rings. The molecule has 0 atom stereocenters. The van der Waals surface area contributed by atoms with E-state index in [1.807, 2.05) is 0 Å². The zero-order valence-corrected chi connectivity index (χ0v) is 16.0. The van der Waals surface area contributed by atoms with E-state index in [0.29, 0.717) is 75.0 Å². The summed E-state index contributed by atoms with van der Waals surface area (Å²) < 4.78 is 21.0. The number of ether oxygens (including phenoxy) is 4. The zero-order valence-electron chi connectivity index (χ0n) is 16.0. The molecule has 8 nitrogen and oxygen atoms in total. The van der Waals surface area contributed by atoms with Crippen molar-refractivity contribution in [3.63, 3.8) is 0 Å². The van der Waals surface area contributed by atoms with Gasteiger partial charge in [0.15, 0.2) is 0 Å². The molecule has 0 heterocycles. The average molecular weight is 392 g/mol. The van der Waals surface area contributed by atoms with Crippen LogP contribution in [0.5, 0.6) is 11.5 Å². The van der Waals surface area contributed by atoms with Gasteiger partial charge < -0.3 is 30.4 Å². The van der Waals surface area contributed by atoms with Crippen LogP contribution in [0.15, 0.2) is 37.4 Å². The molecule has 0 amide bonds. The van der Waals surface area contributed by atoms with Gasteiger partial charge in [0.1, 0.15) is 11.5 Å². The number of carbonyl (C=O) groups is 2. The normalized spacial score (nSPS) is 10.0. The van der Waals surface area contributed by atoms with Crippen molar-refractivity contribution in [2.24, 2.45) is 0 Å². The Balaban J connectivity index is 2.31. The molecule has 28 heavy (non-hydrogen) atoms. The molecule has 4 N–H and O–H groups in total. The van der Waals surface area contributed by atoms with Crippen molar-refractivity contribution in [2.45, 2.75) is 25.7 Å². The fourth-order valence-corrected chi connectivity index (χ4v) is 2.08. The van der Waals surface area contributed by atoms with Crippen molar-refractivity contribution < 1.29 is 28.5 Å². The predicted molar refractivity (Wildman–Crippen MR) is 107 cm³/mol. The summed E-state index contributed by atoms with van der Waals surface area (Å²) in [7, 11) is 0. The SMILES string of the molecule is C=CC(=O)OCCCCOc1cc(N)c(OCCCCOC(=O)C=C)cc1N. The smallest absolute Gasteiger partial charge is 0.330 e. The molecule has 0 radical (unpaired) electrons. The van der Waals surface area contributed by atoms with E-state index in [-0.39, 0.29) is 0 Å². The highest BCUT2D eigenvalue weighted by Gasteiger charge is 2.08. The molecule has 1 aromatic carbocycles. The van der Waals surface area contributed by atoms with Gasteiger partial charge >= 0.3 is 11.9 Å². The lowest BCUT2D eigenvalue weighted by Crippen LogP contribution is -2.07. The van der Waals surface area contributed by atoms with Gasteiger partial charge in [0, 0.05) is 24.3 Å². The third kappa shape index (κ3) is 8.98. The van der Waals surface area contributed by atoms with Gasteiger partial charge in [-0.05, 0) is 25.7 Å². The fraction of sp³-hybridized carbons (Fsp3) is 0.400. The summed E-state index contributed by atoms with van der Waals surface area (Å²) in [4.78, 5) is 21.8. The van der Waals surface area contributed by atoms with Gasteiger partial charge in [-0.15, -0.1) is 0 Å². The standard InChI is InChI=1S/C20H28N2O6/c1-3-19(23)27-11-7-5-9-25-17-13-16(22)18(14-15(17)21)26-10-6-8-12-28-20(24)4-2/h3-4,13-14H,1-2,5-12,21-22H2. The maximum Gasteiger partial charge on any atom is 0.330 e. The highest BCUT2D eigenvalue weighted by Crippen LogP contribution is 2.33. The lowest BCUT2D eigenvalue weighted by molar-refractivity contribution is -0.138. The molecule has 154 valence electrons. The van der Waals surface area contributed by atoms with Crippen LogP contribution in [0.1, 0.15) is 25.7 Å². The number of hydrogen-bond acceptors (Lipinski definition) is 8. The van der Waals surface area contributed by atoms with Crippen molar-refractivity contribution in [3.05, 3.63) is 37.4 Å². The Labute approximate surface area is 165 Å². The van der Waals surface area contributed by atoms with Crippen molar-refractivity contribution in [3.8, 4) is 11.5 Å². The highest BCUT2D eigenvalue weighted by atomic mass is 16.5. The molecule has 0 aliphatic carbocycles. The molecule has 1 rings (SSSR count). The number of nitrogen functional groups attached to an aromatic ring is 2. The molecule has 0 aromatic heterocycles. The van der Waals surface area contributed by atoms with Crippen LogP contribution in [-0.4, -0.2) is 38.4 Å². The number of carbonyl (C=O) groups excluding carboxylic acids is 2. The monoisotopic (exact) mass is 392 g/mol. The molecule has 0 unspecified atom stereocenters. The first-order valence-electron chi connectivity index (χ1n) is 9.01. The summed E-state index contributed by atoms with van der Waals surface area (Å²) in [6, 6.07) is 3.24. The van der Waals surface area contributed by atoms with Crippen LogP contribution >= 0.6 is 0 Å². The molecule has 0 saturated carbocycles. The number of esters is 2. The number of benzene rings is 1. The van der Waals surface area contributed by atoms with Gasteiger partial charge in [0.25, 0.3) is 0 Å². The van der Waals surface area contributed by atoms with Crippen LogP contribution in [0.25, 0.3) is 0 Å². The Morgan fingerprint density at radius 2 is 1.11 bits per heavy atom. The molecule has 0 aliphatic heterocycles. The van der Waals surface area contributed by atoms with Crippen LogP contribution in [-0.2, 0) is 19.1 Å². The summed E-state index contributed by atoms with van der Waals surface area (Å²) in [6.45, 7) is 8.10. The zero-order chi connectivity index (χ0) is 20.8.